The number of amides is 1. The molecule has 0 saturated heterocycles. The zero-order valence-electron chi connectivity index (χ0n) is 13.6. The van der Waals surface area contributed by atoms with E-state index in [1.165, 1.54) is 19.2 Å². The fourth-order valence-electron chi connectivity index (χ4n) is 2.07. The molecular formula is C18H17BrFNO4. The Morgan fingerprint density at radius 2 is 1.96 bits per heavy atom. The molecule has 0 unspecified atom stereocenters. The van der Waals surface area contributed by atoms with Crippen LogP contribution in [-0.2, 0) is 16.1 Å². The fourth-order valence-corrected chi connectivity index (χ4v) is 2.41. The van der Waals surface area contributed by atoms with Crippen molar-refractivity contribution in [3.63, 3.8) is 0 Å². The first-order valence-corrected chi connectivity index (χ1v) is 8.31. The first kappa shape index (κ1) is 18.9. The Morgan fingerprint density at radius 3 is 2.68 bits per heavy atom. The first-order chi connectivity index (χ1) is 12.0. The summed E-state index contributed by atoms with van der Waals surface area (Å²) in [4.78, 5) is 23.8. The van der Waals surface area contributed by atoms with Crippen molar-refractivity contribution in [1.82, 2.24) is 5.32 Å². The lowest BCUT2D eigenvalue weighted by Gasteiger charge is -2.09. The maximum atomic E-state index is 13.6. The number of nitrogens with one attached hydrogen (secondary N) is 1. The van der Waals surface area contributed by atoms with Gasteiger partial charge in [0.1, 0.15) is 18.2 Å². The second-order valence-corrected chi connectivity index (χ2v) is 6.02. The first-order valence-electron chi connectivity index (χ1n) is 7.52. The highest BCUT2D eigenvalue weighted by Gasteiger charge is 2.12. The molecule has 0 aliphatic heterocycles. The predicted molar refractivity (Wildman–Crippen MR) is 93.8 cm³/mol. The van der Waals surface area contributed by atoms with E-state index >= 15 is 0 Å². The van der Waals surface area contributed by atoms with E-state index in [4.69, 9.17) is 9.47 Å². The average Bonchev–Trinajstić information content (AvgIpc) is 2.60. The van der Waals surface area contributed by atoms with Crippen LogP contribution >= 0.6 is 15.9 Å². The number of hydrogen-bond donors (Lipinski definition) is 1. The molecule has 1 amide bonds. The summed E-state index contributed by atoms with van der Waals surface area (Å²) in [5.41, 5.74) is 0.671. The number of benzene rings is 2. The van der Waals surface area contributed by atoms with Crippen molar-refractivity contribution in [2.24, 2.45) is 0 Å². The fraction of sp³-hybridized carbons (Fsp3) is 0.222. The van der Waals surface area contributed by atoms with Gasteiger partial charge in [-0.3, -0.25) is 9.59 Å². The Hall–Kier alpha value is -2.41. The summed E-state index contributed by atoms with van der Waals surface area (Å²) in [6.45, 7) is -0.0447. The van der Waals surface area contributed by atoms with Crippen LogP contribution in [0.3, 0.4) is 0 Å². The summed E-state index contributed by atoms with van der Waals surface area (Å²) >= 11 is 3.16. The molecule has 2 rings (SSSR count). The molecule has 2 aromatic carbocycles. The highest BCUT2D eigenvalue weighted by atomic mass is 79.9. The largest absolute Gasteiger partial charge is 0.496 e. The molecule has 0 aromatic heterocycles. The molecule has 25 heavy (non-hydrogen) atoms. The van der Waals surface area contributed by atoms with Crippen LogP contribution in [0.2, 0.25) is 0 Å². The normalized spacial score (nSPS) is 10.2. The summed E-state index contributed by atoms with van der Waals surface area (Å²) < 4.78 is 24.4. The molecule has 1 N–H and O–H groups in total. The molecule has 0 aliphatic carbocycles. The SMILES string of the molecule is COc1ccccc1C(=O)NCCC(=O)OCc1ccc(Br)cc1F. The molecule has 0 heterocycles. The van der Waals surface area contributed by atoms with E-state index in [1.807, 2.05) is 0 Å². The van der Waals surface area contributed by atoms with Crippen LogP contribution in [0.15, 0.2) is 46.9 Å². The zero-order chi connectivity index (χ0) is 18.2. The van der Waals surface area contributed by atoms with E-state index in [-0.39, 0.29) is 31.0 Å². The van der Waals surface area contributed by atoms with E-state index in [1.54, 1.807) is 30.3 Å². The van der Waals surface area contributed by atoms with Crippen molar-refractivity contribution in [1.29, 1.82) is 0 Å². The number of para-hydroxylation sites is 1. The van der Waals surface area contributed by atoms with Gasteiger partial charge in [0, 0.05) is 16.6 Å². The van der Waals surface area contributed by atoms with E-state index in [2.05, 4.69) is 21.2 Å². The Kier molecular flexibility index (Phi) is 6.94. The molecule has 0 bridgehead atoms. The molecule has 0 spiro atoms. The molecule has 7 heteroatoms. The van der Waals surface area contributed by atoms with Crippen LogP contribution in [0.25, 0.3) is 0 Å². The number of rotatable bonds is 7. The van der Waals surface area contributed by atoms with Gasteiger partial charge in [-0.1, -0.05) is 34.1 Å². The van der Waals surface area contributed by atoms with Gasteiger partial charge < -0.3 is 14.8 Å². The van der Waals surface area contributed by atoms with Gasteiger partial charge >= 0.3 is 5.97 Å². The number of halogens is 2. The molecule has 0 fully saturated rings. The molecular weight excluding hydrogens is 393 g/mol. The molecule has 0 saturated carbocycles. The van der Waals surface area contributed by atoms with Gasteiger partial charge in [-0.15, -0.1) is 0 Å². The number of carbonyl (C=O) groups is 2. The van der Waals surface area contributed by atoms with Crippen molar-refractivity contribution in [2.45, 2.75) is 13.0 Å². The van der Waals surface area contributed by atoms with Crippen LogP contribution in [0.1, 0.15) is 22.3 Å². The summed E-state index contributed by atoms with van der Waals surface area (Å²) in [6, 6.07) is 11.3. The van der Waals surface area contributed by atoms with Crippen molar-refractivity contribution in [2.75, 3.05) is 13.7 Å². The average molecular weight is 410 g/mol. The van der Waals surface area contributed by atoms with E-state index in [0.29, 0.717) is 15.8 Å². The van der Waals surface area contributed by atoms with Crippen molar-refractivity contribution in [3.05, 3.63) is 63.9 Å². The van der Waals surface area contributed by atoms with Gasteiger partial charge in [-0.25, -0.2) is 4.39 Å². The third-order valence-electron chi connectivity index (χ3n) is 3.37. The van der Waals surface area contributed by atoms with Crippen molar-refractivity contribution in [3.8, 4) is 5.75 Å². The second-order valence-electron chi connectivity index (χ2n) is 5.10. The van der Waals surface area contributed by atoms with Crippen LogP contribution in [0.4, 0.5) is 4.39 Å². The van der Waals surface area contributed by atoms with Gasteiger partial charge in [0.05, 0.1) is 19.1 Å². The minimum Gasteiger partial charge on any atom is -0.496 e. The van der Waals surface area contributed by atoms with E-state index in [0.717, 1.165) is 0 Å². The molecule has 2 aromatic rings. The second kappa shape index (κ2) is 9.17. The molecule has 5 nitrogen and oxygen atoms in total. The Labute approximate surface area is 153 Å². The van der Waals surface area contributed by atoms with Crippen LogP contribution in [0.5, 0.6) is 5.75 Å². The quantitative estimate of drug-likeness (QED) is 0.711. The van der Waals surface area contributed by atoms with E-state index < -0.39 is 11.8 Å². The molecule has 0 atom stereocenters. The number of ether oxygens (including phenoxy) is 2. The Morgan fingerprint density at radius 1 is 1.20 bits per heavy atom. The van der Waals surface area contributed by atoms with Gasteiger partial charge in [0.25, 0.3) is 5.91 Å². The third-order valence-corrected chi connectivity index (χ3v) is 3.86. The Balaban J connectivity index is 1.77. The van der Waals surface area contributed by atoms with Gasteiger partial charge in [0.2, 0.25) is 0 Å². The van der Waals surface area contributed by atoms with Crippen molar-refractivity contribution < 1.29 is 23.5 Å². The third kappa shape index (κ3) is 5.56. The van der Waals surface area contributed by atoms with Crippen LogP contribution < -0.4 is 10.1 Å². The number of methoxy groups -OCH3 is 1. The molecule has 132 valence electrons. The number of hydrogen-bond acceptors (Lipinski definition) is 4. The number of carbonyl (C=O) groups excluding carboxylic acids is 2. The summed E-state index contributed by atoms with van der Waals surface area (Å²) in [6.07, 6.45) is -0.0148. The Bertz CT molecular complexity index is 766. The maximum absolute atomic E-state index is 13.6. The topological polar surface area (TPSA) is 64.6 Å². The zero-order valence-corrected chi connectivity index (χ0v) is 15.1. The maximum Gasteiger partial charge on any atom is 0.307 e. The van der Waals surface area contributed by atoms with Crippen LogP contribution in [0, 0.1) is 5.82 Å². The number of esters is 1. The standard InChI is InChI=1S/C18H17BrFNO4/c1-24-16-5-3-2-4-14(16)18(23)21-9-8-17(22)25-11-12-6-7-13(19)10-15(12)20/h2-7,10H,8-9,11H2,1H3,(H,21,23). The lowest BCUT2D eigenvalue weighted by atomic mass is 10.2. The van der Waals surface area contributed by atoms with Crippen molar-refractivity contribution >= 4 is 27.8 Å². The smallest absolute Gasteiger partial charge is 0.307 e. The summed E-state index contributed by atoms with van der Waals surface area (Å²) in [5.74, 6) is -0.869. The predicted octanol–water partition coefficient (Wildman–Crippen LogP) is 3.46. The van der Waals surface area contributed by atoms with Gasteiger partial charge in [-0.2, -0.15) is 0 Å². The van der Waals surface area contributed by atoms with E-state index in [9.17, 15) is 14.0 Å². The summed E-state index contributed by atoms with van der Waals surface area (Å²) in [5, 5.41) is 2.62. The lowest BCUT2D eigenvalue weighted by Crippen LogP contribution is -2.26. The summed E-state index contributed by atoms with van der Waals surface area (Å²) in [7, 11) is 1.48. The minimum absolute atomic E-state index is 0.0148. The lowest BCUT2D eigenvalue weighted by molar-refractivity contribution is -0.144. The van der Waals surface area contributed by atoms with Gasteiger partial charge in [-0.05, 0) is 24.3 Å². The highest BCUT2D eigenvalue weighted by Crippen LogP contribution is 2.17. The van der Waals surface area contributed by atoms with Gasteiger partial charge in [0.15, 0.2) is 0 Å². The molecule has 0 radical (unpaired) electrons. The molecule has 0 aliphatic rings. The minimum atomic E-state index is -0.525. The monoisotopic (exact) mass is 409 g/mol. The van der Waals surface area contributed by atoms with Crippen LogP contribution in [-0.4, -0.2) is 25.5 Å². The highest BCUT2D eigenvalue weighted by molar-refractivity contribution is 9.10.